The summed E-state index contributed by atoms with van der Waals surface area (Å²) in [5, 5.41) is 11.5. The summed E-state index contributed by atoms with van der Waals surface area (Å²) in [6.07, 6.45) is 0.416. The molecule has 1 fully saturated rings. The summed E-state index contributed by atoms with van der Waals surface area (Å²) in [5.41, 5.74) is 2.88. The first-order valence-corrected chi connectivity index (χ1v) is 10.7. The van der Waals surface area contributed by atoms with Crippen molar-refractivity contribution in [2.75, 3.05) is 0 Å². The predicted octanol–water partition coefficient (Wildman–Crippen LogP) is 2.63. The third kappa shape index (κ3) is 5.43. The zero-order valence-corrected chi connectivity index (χ0v) is 18.4. The number of nitrogens with zero attached hydrogens (tertiary/aromatic N) is 1. The van der Waals surface area contributed by atoms with Crippen LogP contribution in [0.3, 0.4) is 0 Å². The Bertz CT molecular complexity index is 1060. The quantitative estimate of drug-likeness (QED) is 0.233. The van der Waals surface area contributed by atoms with Gasteiger partial charge in [-0.1, -0.05) is 56.3 Å². The van der Waals surface area contributed by atoms with Gasteiger partial charge in [0.25, 0.3) is 11.8 Å². The molecule has 1 heterocycles. The molecule has 0 aromatic heterocycles. The van der Waals surface area contributed by atoms with Crippen LogP contribution in [0.25, 0.3) is 0 Å². The van der Waals surface area contributed by atoms with Crippen LogP contribution in [0.5, 0.6) is 0 Å². The summed E-state index contributed by atoms with van der Waals surface area (Å²) in [7, 11) is 0. The summed E-state index contributed by atoms with van der Waals surface area (Å²) in [5.74, 6) is -2.68. The van der Waals surface area contributed by atoms with E-state index in [4.69, 9.17) is 5.21 Å². The topological polar surface area (TPSA) is 116 Å². The van der Waals surface area contributed by atoms with Gasteiger partial charge in [-0.2, -0.15) is 0 Å². The molecular weight excluding hydrogens is 429 g/mol. The van der Waals surface area contributed by atoms with Gasteiger partial charge in [0.1, 0.15) is 17.9 Å². The lowest BCUT2D eigenvalue weighted by Gasteiger charge is -2.26. The molecule has 0 bridgehead atoms. The van der Waals surface area contributed by atoms with Gasteiger partial charge in [0.05, 0.1) is 0 Å². The third-order valence-corrected chi connectivity index (χ3v) is 5.63. The van der Waals surface area contributed by atoms with Crippen molar-refractivity contribution in [2.45, 2.75) is 45.2 Å². The standard InChI is InChI=1S/C24H26FN3O5/c1-14(2)21(22(30)27-33)28-23(31)19(26-24(28)32)11-10-16-8-9-17(13-18(16)25)20(29)12-15-6-4-3-5-7-15/h3-9,13-14,19,21,33H,10-12H2,1-2H3,(H,26,32)(H,27,30). The van der Waals surface area contributed by atoms with E-state index < -0.39 is 41.7 Å². The molecule has 2 aromatic carbocycles. The number of aryl methyl sites for hydroxylation is 1. The number of hydrogen-bond acceptors (Lipinski definition) is 5. The molecule has 2 atom stereocenters. The number of amides is 4. The Morgan fingerprint density at radius 1 is 1.15 bits per heavy atom. The van der Waals surface area contributed by atoms with Crippen LogP contribution in [-0.2, 0) is 22.4 Å². The maximum Gasteiger partial charge on any atom is 0.325 e. The Balaban J connectivity index is 1.65. The van der Waals surface area contributed by atoms with Crippen LogP contribution in [0.15, 0.2) is 48.5 Å². The molecule has 33 heavy (non-hydrogen) atoms. The second kappa shape index (κ2) is 10.4. The number of ketones is 1. The number of benzene rings is 2. The van der Waals surface area contributed by atoms with Crippen LogP contribution < -0.4 is 10.8 Å². The number of hydrogen-bond donors (Lipinski definition) is 3. The molecular formula is C24H26FN3O5. The largest absolute Gasteiger partial charge is 0.326 e. The van der Waals surface area contributed by atoms with Crippen LogP contribution in [0.4, 0.5) is 9.18 Å². The maximum absolute atomic E-state index is 14.6. The number of rotatable bonds is 9. The van der Waals surface area contributed by atoms with Crippen molar-refractivity contribution < 1.29 is 28.8 Å². The van der Waals surface area contributed by atoms with Crippen molar-refractivity contribution in [3.8, 4) is 0 Å². The lowest BCUT2D eigenvalue weighted by atomic mass is 9.98. The van der Waals surface area contributed by atoms with Crippen molar-refractivity contribution in [3.63, 3.8) is 0 Å². The smallest absolute Gasteiger partial charge is 0.325 e. The van der Waals surface area contributed by atoms with E-state index in [1.165, 1.54) is 17.6 Å². The Labute approximate surface area is 190 Å². The fourth-order valence-electron chi connectivity index (χ4n) is 3.90. The number of carbonyl (C=O) groups is 4. The second-order valence-electron chi connectivity index (χ2n) is 8.31. The highest BCUT2D eigenvalue weighted by molar-refractivity contribution is 6.07. The number of nitrogens with one attached hydrogen (secondary N) is 2. The highest BCUT2D eigenvalue weighted by atomic mass is 19.1. The van der Waals surface area contributed by atoms with E-state index in [0.29, 0.717) is 5.56 Å². The molecule has 174 valence electrons. The van der Waals surface area contributed by atoms with Gasteiger partial charge in [-0.3, -0.25) is 19.6 Å². The highest BCUT2D eigenvalue weighted by Gasteiger charge is 2.45. The highest BCUT2D eigenvalue weighted by Crippen LogP contribution is 2.21. The van der Waals surface area contributed by atoms with E-state index in [2.05, 4.69) is 5.32 Å². The minimum Gasteiger partial charge on any atom is -0.326 e. The minimum atomic E-state index is -1.17. The summed E-state index contributed by atoms with van der Waals surface area (Å²) in [4.78, 5) is 50.3. The number of Topliss-reactive ketones (excluding diaryl/α,β-unsaturated/α-hetero) is 1. The summed E-state index contributed by atoms with van der Waals surface area (Å²) >= 11 is 0. The second-order valence-corrected chi connectivity index (χ2v) is 8.31. The zero-order valence-electron chi connectivity index (χ0n) is 18.4. The average molecular weight is 455 g/mol. The van der Waals surface area contributed by atoms with Crippen molar-refractivity contribution >= 4 is 23.6 Å². The van der Waals surface area contributed by atoms with Gasteiger partial charge >= 0.3 is 6.03 Å². The SMILES string of the molecule is CC(C)C(C(=O)NO)N1C(=O)NC(CCc2ccc(C(=O)Cc3ccccc3)cc2F)C1=O. The molecule has 0 spiro atoms. The molecule has 8 nitrogen and oxygen atoms in total. The average Bonchev–Trinajstić information content (AvgIpc) is 3.06. The molecule has 9 heteroatoms. The van der Waals surface area contributed by atoms with Gasteiger partial charge in [0.15, 0.2) is 5.78 Å². The van der Waals surface area contributed by atoms with Gasteiger partial charge in [-0.15, -0.1) is 0 Å². The molecule has 0 saturated carbocycles. The molecule has 1 aliphatic heterocycles. The fourth-order valence-corrected chi connectivity index (χ4v) is 3.90. The number of urea groups is 1. The van der Waals surface area contributed by atoms with Gasteiger partial charge in [0.2, 0.25) is 0 Å². The van der Waals surface area contributed by atoms with E-state index in [0.717, 1.165) is 10.5 Å². The third-order valence-electron chi connectivity index (χ3n) is 5.63. The monoisotopic (exact) mass is 455 g/mol. The van der Waals surface area contributed by atoms with Crippen LogP contribution >= 0.6 is 0 Å². The maximum atomic E-state index is 14.6. The predicted molar refractivity (Wildman–Crippen MR) is 117 cm³/mol. The van der Waals surface area contributed by atoms with Crippen molar-refractivity contribution in [2.24, 2.45) is 5.92 Å². The molecule has 3 rings (SSSR count). The summed E-state index contributed by atoms with van der Waals surface area (Å²) in [6.45, 7) is 3.29. The number of hydroxylamine groups is 1. The van der Waals surface area contributed by atoms with Crippen molar-refractivity contribution in [1.29, 1.82) is 0 Å². The lowest BCUT2D eigenvalue weighted by Crippen LogP contribution is -2.52. The van der Waals surface area contributed by atoms with Crippen molar-refractivity contribution in [1.82, 2.24) is 15.7 Å². The first kappa shape index (κ1) is 24.1. The van der Waals surface area contributed by atoms with Crippen LogP contribution in [0, 0.1) is 11.7 Å². The number of halogens is 1. The molecule has 2 unspecified atom stereocenters. The molecule has 1 saturated heterocycles. The zero-order chi connectivity index (χ0) is 24.1. The van der Waals surface area contributed by atoms with Gasteiger partial charge < -0.3 is 5.32 Å². The molecule has 1 aliphatic rings. The first-order valence-electron chi connectivity index (χ1n) is 10.7. The molecule has 2 aromatic rings. The molecule has 4 amide bonds. The molecule has 3 N–H and O–H groups in total. The van der Waals surface area contributed by atoms with Crippen LogP contribution in [0.2, 0.25) is 0 Å². The number of carbonyl (C=O) groups excluding carboxylic acids is 4. The van der Waals surface area contributed by atoms with Crippen LogP contribution in [-0.4, -0.2) is 45.8 Å². The molecule has 0 aliphatic carbocycles. The van der Waals surface area contributed by atoms with E-state index >= 15 is 0 Å². The summed E-state index contributed by atoms with van der Waals surface area (Å²) < 4.78 is 14.6. The van der Waals surface area contributed by atoms with E-state index in [1.54, 1.807) is 19.9 Å². The first-order chi connectivity index (χ1) is 15.7. The normalized spacial score (nSPS) is 16.6. The van der Waals surface area contributed by atoms with E-state index in [-0.39, 0.29) is 30.6 Å². The Hall–Kier alpha value is -3.59. The molecule has 0 radical (unpaired) electrons. The minimum absolute atomic E-state index is 0.112. The van der Waals surface area contributed by atoms with Crippen LogP contribution in [0.1, 0.15) is 41.8 Å². The van der Waals surface area contributed by atoms with Crippen molar-refractivity contribution in [3.05, 3.63) is 71.0 Å². The Morgan fingerprint density at radius 2 is 1.85 bits per heavy atom. The van der Waals surface area contributed by atoms with Gasteiger partial charge in [-0.05, 0) is 36.0 Å². The Kier molecular flexibility index (Phi) is 7.55. The van der Waals surface area contributed by atoms with E-state index in [9.17, 15) is 23.6 Å². The number of imide groups is 1. The van der Waals surface area contributed by atoms with Gasteiger partial charge in [0, 0.05) is 12.0 Å². The Morgan fingerprint density at radius 3 is 2.45 bits per heavy atom. The summed E-state index contributed by atoms with van der Waals surface area (Å²) in [6, 6.07) is 10.6. The van der Waals surface area contributed by atoms with E-state index in [1.807, 2.05) is 30.3 Å². The lowest BCUT2D eigenvalue weighted by molar-refractivity contribution is -0.142. The van der Waals surface area contributed by atoms with Gasteiger partial charge in [-0.25, -0.2) is 19.6 Å². The fraction of sp³-hybridized carbons (Fsp3) is 0.333.